The smallest absolute Gasteiger partial charge is 0.348 e. The minimum atomic E-state index is -0.505. The minimum absolute atomic E-state index is 0.257. The molecule has 0 bridgehead atoms. The number of nitrogens with one attached hydrogen (secondary N) is 1. The van der Waals surface area contributed by atoms with Crippen molar-refractivity contribution in [3.63, 3.8) is 0 Å². The molecule has 0 radical (unpaired) electrons. The number of thiophene rings is 1. The van der Waals surface area contributed by atoms with E-state index in [0.717, 1.165) is 11.3 Å². The third-order valence-corrected chi connectivity index (χ3v) is 4.63. The molecule has 0 aliphatic rings. The number of benzene rings is 1. The highest BCUT2D eigenvalue weighted by Gasteiger charge is 2.24. The van der Waals surface area contributed by atoms with Gasteiger partial charge in [0.1, 0.15) is 21.7 Å². The molecule has 1 heterocycles. The van der Waals surface area contributed by atoms with Crippen LogP contribution in [0.15, 0.2) is 24.3 Å². The summed E-state index contributed by atoms with van der Waals surface area (Å²) in [5, 5.41) is 12.5. The van der Waals surface area contributed by atoms with Crippen LogP contribution < -0.4 is 10.1 Å². The van der Waals surface area contributed by atoms with Crippen LogP contribution >= 0.6 is 11.3 Å². The van der Waals surface area contributed by atoms with Gasteiger partial charge in [0.15, 0.2) is 0 Å². The second-order valence-electron chi connectivity index (χ2n) is 5.71. The highest BCUT2D eigenvalue weighted by atomic mass is 32.1. The van der Waals surface area contributed by atoms with Gasteiger partial charge in [0, 0.05) is 0 Å². The molecule has 1 aromatic heterocycles. The first-order valence-electron chi connectivity index (χ1n) is 8.16. The van der Waals surface area contributed by atoms with Crippen LogP contribution in [-0.4, -0.2) is 24.6 Å². The zero-order chi connectivity index (χ0) is 19.3. The van der Waals surface area contributed by atoms with Gasteiger partial charge in [-0.25, -0.2) is 4.79 Å². The SMILES string of the molecule is CCOc1ccccc1C(=O)Nc1sc(C(=O)OC(C)C)c(C)c1C#N. The Balaban J connectivity index is 2.34. The molecule has 26 heavy (non-hydrogen) atoms. The number of ether oxygens (including phenoxy) is 2. The summed E-state index contributed by atoms with van der Waals surface area (Å²) in [6.45, 7) is 7.42. The first-order chi connectivity index (χ1) is 12.4. The van der Waals surface area contributed by atoms with Crippen LogP contribution in [0.5, 0.6) is 5.75 Å². The Kier molecular flexibility index (Phi) is 6.36. The summed E-state index contributed by atoms with van der Waals surface area (Å²) in [6, 6.07) is 8.89. The summed E-state index contributed by atoms with van der Waals surface area (Å²) in [5.41, 5.74) is 1.11. The lowest BCUT2D eigenvalue weighted by Crippen LogP contribution is -2.13. The molecular formula is C19H20N2O4S. The van der Waals surface area contributed by atoms with Gasteiger partial charge in [-0.3, -0.25) is 4.79 Å². The number of hydrogen-bond donors (Lipinski definition) is 1. The first kappa shape index (κ1) is 19.5. The fraction of sp³-hybridized carbons (Fsp3) is 0.316. The predicted octanol–water partition coefficient (Wildman–Crippen LogP) is 4.14. The fourth-order valence-corrected chi connectivity index (χ4v) is 3.34. The highest BCUT2D eigenvalue weighted by Crippen LogP contribution is 2.34. The van der Waals surface area contributed by atoms with E-state index in [-0.39, 0.29) is 11.7 Å². The summed E-state index contributed by atoms with van der Waals surface area (Å²) in [7, 11) is 0. The molecule has 2 aromatic rings. The van der Waals surface area contributed by atoms with Crippen molar-refractivity contribution in [3.05, 3.63) is 45.8 Å². The van der Waals surface area contributed by atoms with Crippen LogP contribution in [0.1, 0.15) is 51.9 Å². The summed E-state index contributed by atoms with van der Waals surface area (Å²) in [5.74, 6) is -0.455. The molecule has 1 N–H and O–H groups in total. The molecule has 2 rings (SSSR count). The van der Waals surface area contributed by atoms with Crippen LogP contribution in [0.2, 0.25) is 0 Å². The topological polar surface area (TPSA) is 88.4 Å². The quantitative estimate of drug-likeness (QED) is 0.770. The molecule has 7 heteroatoms. The zero-order valence-corrected chi connectivity index (χ0v) is 15.9. The Labute approximate surface area is 156 Å². The molecule has 0 saturated carbocycles. The number of para-hydroxylation sites is 1. The minimum Gasteiger partial charge on any atom is -0.493 e. The molecule has 1 aromatic carbocycles. The van der Waals surface area contributed by atoms with Crippen molar-refractivity contribution < 1.29 is 19.1 Å². The Morgan fingerprint density at radius 1 is 1.31 bits per heavy atom. The highest BCUT2D eigenvalue weighted by molar-refractivity contribution is 7.18. The molecule has 0 saturated heterocycles. The molecule has 6 nitrogen and oxygen atoms in total. The number of esters is 1. The molecular weight excluding hydrogens is 352 g/mol. The maximum absolute atomic E-state index is 12.6. The van der Waals surface area contributed by atoms with E-state index in [2.05, 4.69) is 5.32 Å². The molecule has 0 spiro atoms. The van der Waals surface area contributed by atoms with Crippen LogP contribution in [0, 0.1) is 18.3 Å². The van der Waals surface area contributed by atoms with Crippen LogP contribution in [0.25, 0.3) is 0 Å². The molecule has 0 atom stereocenters. The van der Waals surface area contributed by atoms with Gasteiger partial charge < -0.3 is 14.8 Å². The van der Waals surface area contributed by atoms with Crippen molar-refractivity contribution in [3.8, 4) is 11.8 Å². The van der Waals surface area contributed by atoms with Crippen molar-refractivity contribution in [2.45, 2.75) is 33.8 Å². The maximum Gasteiger partial charge on any atom is 0.348 e. The molecule has 0 fully saturated rings. The monoisotopic (exact) mass is 372 g/mol. The lowest BCUT2D eigenvalue weighted by Gasteiger charge is -2.09. The van der Waals surface area contributed by atoms with Gasteiger partial charge >= 0.3 is 5.97 Å². The number of carbonyl (C=O) groups excluding carboxylic acids is 2. The molecule has 1 amide bonds. The standard InChI is InChI=1S/C19H20N2O4S/c1-5-24-15-9-7-6-8-13(15)17(22)21-18-14(10-20)12(4)16(26-18)19(23)25-11(2)3/h6-9,11H,5H2,1-4H3,(H,21,22). The molecule has 0 aliphatic carbocycles. The van der Waals surface area contributed by atoms with Crippen LogP contribution in [0.3, 0.4) is 0 Å². The van der Waals surface area contributed by atoms with Crippen molar-refractivity contribution in [1.29, 1.82) is 5.26 Å². The largest absolute Gasteiger partial charge is 0.493 e. The number of anilines is 1. The van der Waals surface area contributed by atoms with Gasteiger partial charge in [0.05, 0.1) is 23.8 Å². The van der Waals surface area contributed by atoms with E-state index in [1.165, 1.54) is 0 Å². The summed E-state index contributed by atoms with van der Waals surface area (Å²) in [6.07, 6.45) is -0.273. The van der Waals surface area contributed by atoms with E-state index in [9.17, 15) is 14.9 Å². The van der Waals surface area contributed by atoms with Gasteiger partial charge in [0.25, 0.3) is 5.91 Å². The van der Waals surface area contributed by atoms with Crippen molar-refractivity contribution >= 4 is 28.2 Å². The number of carbonyl (C=O) groups is 2. The van der Waals surface area contributed by atoms with E-state index >= 15 is 0 Å². The number of amides is 1. The Morgan fingerprint density at radius 2 is 2.00 bits per heavy atom. The third-order valence-electron chi connectivity index (χ3n) is 3.45. The Bertz CT molecular complexity index is 865. The Hall–Kier alpha value is -2.85. The van der Waals surface area contributed by atoms with Crippen LogP contribution in [-0.2, 0) is 4.74 Å². The second kappa shape index (κ2) is 8.50. The van der Waals surface area contributed by atoms with Crippen LogP contribution in [0.4, 0.5) is 5.00 Å². The van der Waals surface area contributed by atoms with E-state index < -0.39 is 11.9 Å². The second-order valence-corrected chi connectivity index (χ2v) is 6.73. The lowest BCUT2D eigenvalue weighted by molar-refractivity contribution is 0.0383. The third kappa shape index (κ3) is 4.21. The van der Waals surface area contributed by atoms with Crippen molar-refractivity contribution in [2.75, 3.05) is 11.9 Å². The van der Waals surface area contributed by atoms with Gasteiger partial charge in [-0.1, -0.05) is 12.1 Å². The van der Waals surface area contributed by atoms with E-state index in [0.29, 0.717) is 33.4 Å². The summed E-state index contributed by atoms with van der Waals surface area (Å²) in [4.78, 5) is 25.1. The van der Waals surface area contributed by atoms with E-state index in [4.69, 9.17) is 9.47 Å². The average Bonchev–Trinajstić information content (AvgIpc) is 2.90. The van der Waals surface area contributed by atoms with E-state index in [1.54, 1.807) is 45.0 Å². The summed E-state index contributed by atoms with van der Waals surface area (Å²) < 4.78 is 10.7. The average molecular weight is 372 g/mol. The maximum atomic E-state index is 12.6. The summed E-state index contributed by atoms with van der Waals surface area (Å²) >= 11 is 1.03. The van der Waals surface area contributed by atoms with Gasteiger partial charge in [-0.15, -0.1) is 11.3 Å². The van der Waals surface area contributed by atoms with Gasteiger partial charge in [-0.05, 0) is 45.4 Å². The normalized spacial score (nSPS) is 10.3. The van der Waals surface area contributed by atoms with Gasteiger partial charge in [-0.2, -0.15) is 5.26 Å². The van der Waals surface area contributed by atoms with Gasteiger partial charge in [0.2, 0.25) is 0 Å². The Morgan fingerprint density at radius 3 is 2.62 bits per heavy atom. The predicted molar refractivity (Wildman–Crippen MR) is 99.9 cm³/mol. The van der Waals surface area contributed by atoms with Crippen molar-refractivity contribution in [2.24, 2.45) is 0 Å². The molecule has 0 aliphatic heterocycles. The number of nitriles is 1. The molecule has 0 unspecified atom stereocenters. The first-order valence-corrected chi connectivity index (χ1v) is 8.98. The fourth-order valence-electron chi connectivity index (χ4n) is 2.30. The number of nitrogens with zero attached hydrogens (tertiary/aromatic N) is 1. The van der Waals surface area contributed by atoms with E-state index in [1.807, 2.05) is 13.0 Å². The zero-order valence-electron chi connectivity index (χ0n) is 15.1. The lowest BCUT2D eigenvalue weighted by atomic mass is 10.1. The number of rotatable bonds is 6. The molecule has 136 valence electrons. The number of hydrogen-bond acceptors (Lipinski definition) is 6. The van der Waals surface area contributed by atoms with Crippen molar-refractivity contribution in [1.82, 2.24) is 0 Å².